The Bertz CT molecular complexity index is 911. The normalized spacial score (nSPS) is 11.4. The lowest BCUT2D eigenvalue weighted by atomic mass is 10.1. The molecule has 0 bridgehead atoms. The lowest BCUT2D eigenvalue weighted by Gasteiger charge is -2.18. The molecular weight excluding hydrogens is 388 g/mol. The van der Waals surface area contributed by atoms with Gasteiger partial charge in [0.05, 0.1) is 7.11 Å². The summed E-state index contributed by atoms with van der Waals surface area (Å²) < 4.78 is 16.1. The number of allylic oxidation sites excluding steroid dienone is 1. The summed E-state index contributed by atoms with van der Waals surface area (Å²) in [5, 5.41) is 4.38. The minimum Gasteiger partial charge on any atom is -0.493 e. The van der Waals surface area contributed by atoms with E-state index in [2.05, 4.69) is 10.6 Å². The van der Waals surface area contributed by atoms with Gasteiger partial charge in [-0.25, -0.2) is 9.59 Å². The average molecular weight is 412 g/mol. The van der Waals surface area contributed by atoms with Crippen LogP contribution in [-0.4, -0.2) is 38.7 Å². The maximum Gasteiger partial charge on any atom is 0.345 e. The lowest BCUT2D eigenvalue weighted by Crippen LogP contribution is -2.41. The minimum absolute atomic E-state index is 0.355. The van der Waals surface area contributed by atoms with E-state index in [0.717, 1.165) is 5.56 Å². The second kappa shape index (κ2) is 11.3. The molecule has 3 amide bonds. The molecule has 0 unspecified atom stereocenters. The monoisotopic (exact) mass is 412 g/mol. The van der Waals surface area contributed by atoms with Gasteiger partial charge in [-0.1, -0.05) is 48.6 Å². The molecule has 2 aromatic rings. The number of carbonyl (C=O) groups excluding carboxylic acids is 3. The van der Waals surface area contributed by atoms with Gasteiger partial charge in [0, 0.05) is 12.6 Å². The number of hydrogen-bond donors (Lipinski definition) is 2. The number of hydrogen-bond acceptors (Lipinski definition) is 6. The van der Waals surface area contributed by atoms with Crippen molar-refractivity contribution in [2.75, 3.05) is 20.8 Å². The Hall–Kier alpha value is -3.81. The van der Waals surface area contributed by atoms with E-state index >= 15 is 0 Å². The molecule has 0 aliphatic heterocycles. The molecule has 8 heteroatoms. The third-order valence-electron chi connectivity index (χ3n) is 3.95. The first-order valence-corrected chi connectivity index (χ1v) is 9.19. The van der Waals surface area contributed by atoms with E-state index in [4.69, 9.17) is 14.2 Å². The van der Waals surface area contributed by atoms with Gasteiger partial charge < -0.3 is 19.5 Å². The maximum absolute atomic E-state index is 12.4. The fraction of sp³-hybridized carbons (Fsp3) is 0.227. The smallest absolute Gasteiger partial charge is 0.345 e. The van der Waals surface area contributed by atoms with Crippen molar-refractivity contribution in [2.24, 2.45) is 0 Å². The molecule has 30 heavy (non-hydrogen) atoms. The molecule has 0 aliphatic rings. The Kier molecular flexibility index (Phi) is 8.43. The first kappa shape index (κ1) is 22.5. The number of ether oxygens (including phenoxy) is 3. The lowest BCUT2D eigenvalue weighted by molar-refractivity contribution is -0.158. The van der Waals surface area contributed by atoms with Crippen molar-refractivity contribution in [1.29, 1.82) is 0 Å². The number of benzene rings is 2. The van der Waals surface area contributed by atoms with Gasteiger partial charge in [-0.15, -0.1) is 0 Å². The number of methoxy groups -OCH3 is 1. The summed E-state index contributed by atoms with van der Waals surface area (Å²) in [6, 6.07) is 12.9. The number of urea groups is 1. The summed E-state index contributed by atoms with van der Waals surface area (Å²) in [7, 11) is 2.86. The fourth-order valence-electron chi connectivity index (χ4n) is 2.54. The van der Waals surface area contributed by atoms with Crippen molar-refractivity contribution < 1.29 is 28.6 Å². The molecule has 158 valence electrons. The van der Waals surface area contributed by atoms with Crippen LogP contribution in [0.3, 0.4) is 0 Å². The highest BCUT2D eigenvalue weighted by molar-refractivity contribution is 5.97. The van der Waals surface area contributed by atoms with Crippen LogP contribution in [0.5, 0.6) is 11.5 Å². The molecule has 0 fully saturated rings. The molecule has 0 spiro atoms. The van der Waals surface area contributed by atoms with E-state index < -0.39 is 30.6 Å². The highest BCUT2D eigenvalue weighted by Gasteiger charge is 2.26. The molecule has 1 atom stereocenters. The Morgan fingerprint density at radius 1 is 1.07 bits per heavy atom. The van der Waals surface area contributed by atoms with Gasteiger partial charge >= 0.3 is 12.0 Å². The largest absolute Gasteiger partial charge is 0.493 e. The summed E-state index contributed by atoms with van der Waals surface area (Å²) in [5.74, 6) is -0.748. The van der Waals surface area contributed by atoms with Crippen LogP contribution < -0.4 is 20.1 Å². The Morgan fingerprint density at radius 3 is 2.43 bits per heavy atom. The molecule has 0 heterocycles. The zero-order valence-corrected chi connectivity index (χ0v) is 17.0. The molecular formula is C22H24N2O6. The van der Waals surface area contributed by atoms with E-state index in [-0.39, 0.29) is 0 Å². The van der Waals surface area contributed by atoms with E-state index in [1.165, 1.54) is 14.2 Å². The molecule has 2 rings (SSSR count). The van der Waals surface area contributed by atoms with Crippen molar-refractivity contribution >= 4 is 24.0 Å². The number of amides is 3. The van der Waals surface area contributed by atoms with Crippen molar-refractivity contribution in [3.63, 3.8) is 0 Å². The Morgan fingerprint density at radius 2 is 1.80 bits per heavy atom. The molecule has 8 nitrogen and oxygen atoms in total. The van der Waals surface area contributed by atoms with Gasteiger partial charge in [-0.3, -0.25) is 10.1 Å². The zero-order chi connectivity index (χ0) is 21.9. The molecule has 2 aromatic carbocycles. The van der Waals surface area contributed by atoms with Crippen LogP contribution in [-0.2, 0) is 14.3 Å². The zero-order valence-electron chi connectivity index (χ0n) is 17.0. The standard InChI is InChI=1S/C22H24N2O6/c1-4-8-15-11-12-17(18(13-15)28-3)29-14-19(25)30-20(16-9-6-5-7-10-16)21(26)24-22(27)23-2/h4-13,20H,14H2,1-3H3,(H2,23,24,26,27)/b8-4+/t20-/m0/s1. The van der Waals surface area contributed by atoms with Gasteiger partial charge in [0.25, 0.3) is 5.91 Å². The quantitative estimate of drug-likeness (QED) is 0.647. The first-order chi connectivity index (χ1) is 14.5. The van der Waals surface area contributed by atoms with Crippen LogP contribution >= 0.6 is 0 Å². The van der Waals surface area contributed by atoms with Crippen molar-refractivity contribution in [3.05, 3.63) is 65.7 Å². The van der Waals surface area contributed by atoms with Gasteiger partial charge in [-0.2, -0.15) is 0 Å². The third kappa shape index (κ3) is 6.37. The number of esters is 1. The molecule has 0 radical (unpaired) electrons. The maximum atomic E-state index is 12.4. The van der Waals surface area contributed by atoms with Crippen molar-refractivity contribution in [2.45, 2.75) is 13.0 Å². The summed E-state index contributed by atoms with van der Waals surface area (Å²) in [4.78, 5) is 36.2. The highest BCUT2D eigenvalue weighted by Crippen LogP contribution is 2.28. The van der Waals surface area contributed by atoms with E-state index in [1.807, 2.05) is 25.1 Å². The van der Waals surface area contributed by atoms with Crippen LogP contribution in [0.1, 0.15) is 24.2 Å². The van der Waals surface area contributed by atoms with Crippen LogP contribution in [0, 0.1) is 0 Å². The van der Waals surface area contributed by atoms with Crippen molar-refractivity contribution in [1.82, 2.24) is 10.6 Å². The van der Waals surface area contributed by atoms with Gasteiger partial charge in [-0.05, 0) is 24.6 Å². The topological polar surface area (TPSA) is 103 Å². The molecule has 0 aromatic heterocycles. The predicted molar refractivity (Wildman–Crippen MR) is 111 cm³/mol. The van der Waals surface area contributed by atoms with Gasteiger partial charge in [0.15, 0.2) is 18.1 Å². The average Bonchev–Trinajstić information content (AvgIpc) is 2.77. The summed E-state index contributed by atoms with van der Waals surface area (Å²) >= 11 is 0. The highest BCUT2D eigenvalue weighted by atomic mass is 16.6. The summed E-state index contributed by atoms with van der Waals surface area (Å²) in [6.07, 6.45) is 2.48. The second-order valence-corrected chi connectivity index (χ2v) is 6.05. The third-order valence-corrected chi connectivity index (χ3v) is 3.95. The van der Waals surface area contributed by atoms with E-state index in [0.29, 0.717) is 17.1 Å². The molecule has 0 saturated carbocycles. The van der Waals surface area contributed by atoms with Crippen LogP contribution in [0.15, 0.2) is 54.6 Å². The molecule has 0 aliphatic carbocycles. The number of imide groups is 1. The first-order valence-electron chi connectivity index (χ1n) is 9.19. The summed E-state index contributed by atoms with van der Waals surface area (Å²) in [5.41, 5.74) is 1.33. The number of carbonyl (C=O) groups is 3. The number of rotatable bonds is 8. The Labute approximate surface area is 174 Å². The van der Waals surface area contributed by atoms with Crippen molar-refractivity contribution in [3.8, 4) is 11.5 Å². The van der Waals surface area contributed by atoms with E-state index in [9.17, 15) is 14.4 Å². The SMILES string of the molecule is C/C=C/c1ccc(OCC(=O)O[C@H](C(=O)NC(=O)NC)c2ccccc2)c(OC)c1. The second-order valence-electron chi connectivity index (χ2n) is 6.05. The Balaban J connectivity index is 2.09. The fourth-order valence-corrected chi connectivity index (χ4v) is 2.54. The van der Waals surface area contributed by atoms with Gasteiger partial charge in [0.2, 0.25) is 6.10 Å². The predicted octanol–water partition coefficient (Wildman–Crippen LogP) is 2.85. The number of nitrogens with one attached hydrogen (secondary N) is 2. The summed E-state index contributed by atoms with van der Waals surface area (Å²) in [6.45, 7) is 1.45. The van der Waals surface area contributed by atoms with E-state index in [1.54, 1.807) is 42.5 Å². The van der Waals surface area contributed by atoms with Crippen LogP contribution in [0.25, 0.3) is 6.08 Å². The minimum atomic E-state index is -1.31. The molecule has 2 N–H and O–H groups in total. The van der Waals surface area contributed by atoms with Crippen LogP contribution in [0.4, 0.5) is 4.79 Å². The van der Waals surface area contributed by atoms with Crippen LogP contribution in [0.2, 0.25) is 0 Å². The van der Waals surface area contributed by atoms with Gasteiger partial charge in [0.1, 0.15) is 0 Å². The molecule has 0 saturated heterocycles.